The Morgan fingerprint density at radius 1 is 1.33 bits per heavy atom. The number of carbonyl (C=O) groups excluding carboxylic acids is 1. The lowest BCUT2D eigenvalue weighted by Gasteiger charge is -2.34. The van der Waals surface area contributed by atoms with Crippen molar-refractivity contribution in [2.45, 2.75) is 56.7 Å². The second-order valence-electron chi connectivity index (χ2n) is 8.20. The zero-order valence-electron chi connectivity index (χ0n) is 14.5. The minimum Gasteiger partial charge on any atom is -0.423 e. The second-order valence-corrected chi connectivity index (χ2v) is 9.20. The molecular weight excluding hydrogens is 378 g/mol. The number of nitrogens with two attached hydrogens (primary N) is 1. The predicted molar refractivity (Wildman–Crippen MR) is 88.1 cm³/mol. The van der Waals surface area contributed by atoms with Gasteiger partial charge >= 0.3 is 16.4 Å². The number of amides is 2. The predicted octanol–water partition coefficient (Wildman–Crippen LogP) is 0.415. The summed E-state index contributed by atoms with van der Waals surface area (Å²) in [4.78, 5) is 14.2. The summed E-state index contributed by atoms with van der Waals surface area (Å²) in [6.07, 6.45) is 4.86. The van der Waals surface area contributed by atoms with Gasteiger partial charge in [0.15, 0.2) is 0 Å². The number of nitrogens with zero attached hydrogens (tertiary/aromatic N) is 4. The molecule has 11 nitrogen and oxygen atoms in total. The van der Waals surface area contributed by atoms with E-state index >= 15 is 0 Å². The maximum atomic E-state index is 12.7. The van der Waals surface area contributed by atoms with E-state index in [0.29, 0.717) is 37.1 Å². The van der Waals surface area contributed by atoms with Crippen molar-refractivity contribution in [2.24, 2.45) is 17.1 Å². The summed E-state index contributed by atoms with van der Waals surface area (Å²) < 4.78 is 41.7. The van der Waals surface area contributed by atoms with E-state index in [9.17, 15) is 13.2 Å². The summed E-state index contributed by atoms with van der Waals surface area (Å²) in [5.74, 6) is 1.35. The molecule has 1 spiro atoms. The summed E-state index contributed by atoms with van der Waals surface area (Å²) in [7, 11) is -4.78. The van der Waals surface area contributed by atoms with Gasteiger partial charge in [-0.1, -0.05) is 0 Å². The number of hydrogen-bond donors (Lipinski definition) is 2. The monoisotopic (exact) mass is 399 g/mol. The lowest BCUT2D eigenvalue weighted by molar-refractivity contribution is -0.0530. The fourth-order valence-electron chi connectivity index (χ4n) is 4.72. The van der Waals surface area contributed by atoms with Crippen molar-refractivity contribution in [3.05, 3.63) is 11.8 Å². The molecule has 3 heterocycles. The molecule has 2 aliphatic heterocycles. The number of hydrogen-bond acceptors (Lipinski definition) is 8. The van der Waals surface area contributed by atoms with Gasteiger partial charge in [-0.2, -0.15) is 13.5 Å². The van der Waals surface area contributed by atoms with Crippen molar-refractivity contribution in [1.82, 2.24) is 20.2 Å². The Morgan fingerprint density at radius 3 is 2.70 bits per heavy atom. The molecule has 1 aromatic heterocycles. The highest BCUT2D eigenvalue weighted by Gasteiger charge is 2.64. The van der Waals surface area contributed by atoms with Gasteiger partial charge in [-0.05, 0) is 43.4 Å². The van der Waals surface area contributed by atoms with Crippen molar-refractivity contribution in [3.8, 4) is 0 Å². The minimum atomic E-state index is -4.78. The molecule has 2 atom stereocenters. The van der Waals surface area contributed by atoms with Crippen LogP contribution < -0.4 is 5.73 Å². The van der Waals surface area contributed by atoms with Gasteiger partial charge in [0.1, 0.15) is 6.04 Å². The summed E-state index contributed by atoms with van der Waals surface area (Å²) in [6, 6.07) is -1.20. The van der Waals surface area contributed by atoms with Gasteiger partial charge in [-0.25, -0.2) is 4.79 Å². The topological polar surface area (TPSA) is 152 Å². The van der Waals surface area contributed by atoms with E-state index in [2.05, 4.69) is 14.5 Å². The fraction of sp³-hybridized carbons (Fsp3) is 0.800. The largest absolute Gasteiger partial charge is 0.423 e. The molecule has 2 amide bonds. The minimum absolute atomic E-state index is 0.243. The van der Waals surface area contributed by atoms with Crippen LogP contribution in [0.15, 0.2) is 4.42 Å². The molecule has 4 fully saturated rings. The molecule has 1 aromatic rings. The molecular formula is C15H21N5O6S. The fourth-order valence-corrected chi connectivity index (χ4v) is 5.09. The first-order valence-electron chi connectivity index (χ1n) is 9.09. The Labute approximate surface area is 155 Å². The maximum absolute atomic E-state index is 12.7. The number of aromatic nitrogens is 2. The zero-order valence-corrected chi connectivity index (χ0v) is 15.3. The Hall–Kier alpha value is -1.76. The van der Waals surface area contributed by atoms with Crippen LogP contribution in [0, 0.1) is 11.3 Å². The van der Waals surface area contributed by atoms with E-state index in [0.717, 1.165) is 30.7 Å². The Balaban J connectivity index is 1.37. The number of urea groups is 1. The normalized spacial score (nSPS) is 34.2. The van der Waals surface area contributed by atoms with E-state index in [4.69, 9.17) is 14.7 Å². The molecule has 2 saturated carbocycles. The summed E-state index contributed by atoms with van der Waals surface area (Å²) in [5, 5.41) is 9.05. The molecule has 148 valence electrons. The molecule has 4 aliphatic rings. The average Bonchev–Trinajstić information content (AvgIpc) is 3.06. The lowest BCUT2D eigenvalue weighted by atomic mass is 9.79. The van der Waals surface area contributed by atoms with E-state index in [1.54, 1.807) is 0 Å². The molecule has 2 aliphatic carbocycles. The van der Waals surface area contributed by atoms with Crippen LogP contribution in [-0.2, 0) is 21.1 Å². The second kappa shape index (κ2) is 5.63. The first-order chi connectivity index (χ1) is 12.7. The van der Waals surface area contributed by atoms with Crippen molar-refractivity contribution in [3.63, 3.8) is 0 Å². The van der Waals surface area contributed by atoms with Crippen LogP contribution >= 0.6 is 0 Å². The van der Waals surface area contributed by atoms with Crippen molar-refractivity contribution < 1.29 is 26.5 Å². The molecule has 0 aromatic carbocycles. The van der Waals surface area contributed by atoms with Crippen molar-refractivity contribution >= 4 is 16.4 Å². The summed E-state index contributed by atoms with van der Waals surface area (Å²) >= 11 is 0. The lowest BCUT2D eigenvalue weighted by Crippen LogP contribution is -2.43. The first kappa shape index (κ1) is 17.3. The molecule has 5 rings (SSSR count). The molecule has 2 saturated heterocycles. The van der Waals surface area contributed by atoms with Crippen LogP contribution in [0.2, 0.25) is 0 Å². The van der Waals surface area contributed by atoms with Gasteiger partial charge in [-0.15, -0.1) is 14.5 Å². The number of hydroxylamine groups is 2. The standard InChI is InChI=1S/C15H21N5O6S/c16-9-3-8(4-9)5-12-17-18-13(25-12)10-6-15(1-2-15)11-7-19(10)14(21)20(11)26-27(22,23)24/h8-11H,1-7,16H2,(H,22,23,24)/t8?,9?,10-,11-/m0/s1. The third-order valence-electron chi connectivity index (χ3n) is 6.34. The highest BCUT2D eigenvalue weighted by Crippen LogP contribution is 2.61. The quantitative estimate of drug-likeness (QED) is 0.671. The van der Waals surface area contributed by atoms with Crippen molar-refractivity contribution in [2.75, 3.05) is 6.54 Å². The van der Waals surface area contributed by atoms with E-state index in [1.807, 2.05) is 0 Å². The molecule has 12 heteroatoms. The summed E-state index contributed by atoms with van der Waals surface area (Å²) in [5.41, 5.74) is 5.56. The maximum Gasteiger partial charge on any atom is 0.418 e. The van der Waals surface area contributed by atoms with Gasteiger partial charge in [0, 0.05) is 19.0 Å². The van der Waals surface area contributed by atoms with Gasteiger partial charge in [0.25, 0.3) is 0 Å². The molecule has 0 radical (unpaired) electrons. The molecule has 0 unspecified atom stereocenters. The van der Waals surface area contributed by atoms with Gasteiger partial charge in [0.2, 0.25) is 11.8 Å². The SMILES string of the molecule is NC1CC(Cc2nnc([C@@H]3CC4(CC4)[C@@H]4CN3C(=O)N4OS(=O)(=O)O)o2)C1. The third kappa shape index (κ3) is 2.91. The van der Waals surface area contributed by atoms with E-state index in [1.165, 1.54) is 4.90 Å². The van der Waals surface area contributed by atoms with Crippen LogP contribution in [0.4, 0.5) is 4.79 Å². The van der Waals surface area contributed by atoms with E-state index < -0.39 is 28.5 Å². The number of fused-ring (bicyclic) bond motifs is 3. The van der Waals surface area contributed by atoms with Gasteiger partial charge in [-0.3, -0.25) is 4.55 Å². The van der Waals surface area contributed by atoms with E-state index in [-0.39, 0.29) is 11.5 Å². The zero-order chi connectivity index (χ0) is 19.0. The number of carbonyl (C=O) groups is 1. The van der Waals surface area contributed by atoms with Gasteiger partial charge in [0.05, 0.1) is 6.04 Å². The molecule has 2 bridgehead atoms. The van der Waals surface area contributed by atoms with Crippen LogP contribution in [0.25, 0.3) is 0 Å². The number of piperidine rings is 1. The highest BCUT2D eigenvalue weighted by molar-refractivity contribution is 7.80. The average molecular weight is 399 g/mol. The number of rotatable bonds is 5. The Bertz CT molecular complexity index is 877. The molecule has 3 N–H and O–H groups in total. The van der Waals surface area contributed by atoms with Crippen LogP contribution in [0.1, 0.15) is 49.9 Å². The first-order valence-corrected chi connectivity index (χ1v) is 10.5. The van der Waals surface area contributed by atoms with Crippen LogP contribution in [0.3, 0.4) is 0 Å². The van der Waals surface area contributed by atoms with Crippen molar-refractivity contribution in [1.29, 1.82) is 0 Å². The van der Waals surface area contributed by atoms with Gasteiger partial charge < -0.3 is 15.1 Å². The van der Waals surface area contributed by atoms with Crippen LogP contribution in [-0.4, -0.2) is 57.8 Å². The highest BCUT2D eigenvalue weighted by atomic mass is 32.3. The smallest absolute Gasteiger partial charge is 0.418 e. The van der Waals surface area contributed by atoms with Crippen LogP contribution in [0.5, 0.6) is 0 Å². The Kier molecular flexibility index (Phi) is 3.61. The third-order valence-corrected chi connectivity index (χ3v) is 6.69. The summed E-state index contributed by atoms with van der Waals surface area (Å²) in [6.45, 7) is 0.300. The molecule has 27 heavy (non-hydrogen) atoms. The Morgan fingerprint density at radius 2 is 2.07 bits per heavy atom.